The number of fused-ring (bicyclic) bond motifs is 1. The molecule has 0 N–H and O–H groups in total. The van der Waals surface area contributed by atoms with Gasteiger partial charge in [0.25, 0.3) is 0 Å². The van der Waals surface area contributed by atoms with Crippen LogP contribution in [-0.2, 0) is 19.5 Å². The Morgan fingerprint density at radius 2 is 2.37 bits per heavy atom. The van der Waals surface area contributed by atoms with Gasteiger partial charge < -0.3 is 9.47 Å². The molecule has 0 bridgehead atoms. The van der Waals surface area contributed by atoms with Crippen molar-refractivity contribution in [1.82, 2.24) is 14.5 Å². The molecular formula is C13H16N4OS. The smallest absolute Gasteiger partial charge is 0.186 e. The summed E-state index contributed by atoms with van der Waals surface area (Å²) in [5, 5.41) is 0.944. The molecule has 1 aliphatic rings. The van der Waals surface area contributed by atoms with Crippen LogP contribution in [0.4, 0.5) is 5.13 Å². The van der Waals surface area contributed by atoms with E-state index in [9.17, 15) is 4.79 Å². The van der Waals surface area contributed by atoms with E-state index in [-0.39, 0.29) is 0 Å². The summed E-state index contributed by atoms with van der Waals surface area (Å²) in [6.45, 7) is 4.71. The molecule has 0 saturated heterocycles. The minimum Gasteiger partial charge on any atom is -0.339 e. The Morgan fingerprint density at radius 3 is 3.16 bits per heavy atom. The summed E-state index contributed by atoms with van der Waals surface area (Å²) in [7, 11) is 0. The summed E-state index contributed by atoms with van der Waals surface area (Å²) in [6.07, 6.45) is 6.65. The number of carbonyl (C=O) groups is 1. The van der Waals surface area contributed by atoms with E-state index in [0.717, 1.165) is 60.3 Å². The maximum absolute atomic E-state index is 11.1. The highest BCUT2D eigenvalue weighted by Gasteiger charge is 2.21. The van der Waals surface area contributed by atoms with E-state index in [0.29, 0.717) is 0 Å². The molecule has 3 rings (SSSR count). The summed E-state index contributed by atoms with van der Waals surface area (Å²) in [5.41, 5.74) is 0.936. The molecule has 0 amide bonds. The lowest BCUT2D eigenvalue weighted by Crippen LogP contribution is -2.33. The van der Waals surface area contributed by atoms with Crippen molar-refractivity contribution in [3.8, 4) is 0 Å². The van der Waals surface area contributed by atoms with Crippen LogP contribution in [0.1, 0.15) is 34.5 Å². The van der Waals surface area contributed by atoms with Crippen LogP contribution in [0, 0.1) is 0 Å². The zero-order valence-electron chi connectivity index (χ0n) is 10.9. The van der Waals surface area contributed by atoms with Crippen LogP contribution in [0.5, 0.6) is 0 Å². The molecule has 0 spiro atoms. The van der Waals surface area contributed by atoms with Crippen molar-refractivity contribution in [2.75, 3.05) is 11.4 Å². The Morgan fingerprint density at radius 1 is 1.47 bits per heavy atom. The number of imidazole rings is 1. The van der Waals surface area contributed by atoms with Crippen LogP contribution >= 0.6 is 11.3 Å². The number of thiazole rings is 1. The van der Waals surface area contributed by atoms with Gasteiger partial charge in [-0.2, -0.15) is 0 Å². The second-order valence-electron chi connectivity index (χ2n) is 4.63. The fourth-order valence-electron chi connectivity index (χ4n) is 2.33. The molecule has 0 atom stereocenters. The van der Waals surface area contributed by atoms with E-state index in [1.54, 1.807) is 0 Å². The molecule has 100 valence electrons. The Kier molecular flexibility index (Phi) is 3.33. The molecule has 3 heterocycles. The number of aldehydes is 1. The summed E-state index contributed by atoms with van der Waals surface area (Å²) in [6, 6.07) is 0. The van der Waals surface area contributed by atoms with Gasteiger partial charge in [0.15, 0.2) is 11.4 Å². The third-order valence-corrected chi connectivity index (χ3v) is 4.41. The molecule has 0 unspecified atom stereocenters. The summed E-state index contributed by atoms with van der Waals surface area (Å²) in [5.74, 6) is 1.06. The zero-order chi connectivity index (χ0) is 13.2. The van der Waals surface area contributed by atoms with Gasteiger partial charge in [0.2, 0.25) is 0 Å². The number of aryl methyl sites for hydroxylation is 1. The van der Waals surface area contributed by atoms with Crippen LogP contribution in [-0.4, -0.2) is 27.4 Å². The van der Waals surface area contributed by atoms with Crippen molar-refractivity contribution in [3.05, 3.63) is 28.8 Å². The second-order valence-corrected chi connectivity index (χ2v) is 5.64. The average Bonchev–Trinajstić information content (AvgIpc) is 3.04. The molecular weight excluding hydrogens is 260 g/mol. The average molecular weight is 276 g/mol. The van der Waals surface area contributed by atoms with E-state index < -0.39 is 0 Å². The molecule has 0 aromatic carbocycles. The summed E-state index contributed by atoms with van der Waals surface area (Å²) < 4.78 is 2.16. The highest BCUT2D eigenvalue weighted by atomic mass is 32.1. The van der Waals surface area contributed by atoms with Crippen molar-refractivity contribution in [3.63, 3.8) is 0 Å². The topological polar surface area (TPSA) is 51.0 Å². The van der Waals surface area contributed by atoms with Gasteiger partial charge in [-0.15, -0.1) is 0 Å². The highest BCUT2D eigenvalue weighted by Crippen LogP contribution is 2.28. The van der Waals surface area contributed by atoms with E-state index in [1.807, 2.05) is 12.4 Å². The van der Waals surface area contributed by atoms with E-state index >= 15 is 0 Å². The van der Waals surface area contributed by atoms with Crippen molar-refractivity contribution in [2.45, 2.75) is 32.9 Å². The van der Waals surface area contributed by atoms with Gasteiger partial charge in [-0.05, 0) is 6.42 Å². The molecule has 0 saturated carbocycles. The molecule has 0 radical (unpaired) electrons. The minimum atomic E-state index is 0.768. The maximum Gasteiger partial charge on any atom is 0.186 e. The van der Waals surface area contributed by atoms with Gasteiger partial charge in [0, 0.05) is 25.5 Å². The first-order valence-electron chi connectivity index (χ1n) is 6.51. The summed E-state index contributed by atoms with van der Waals surface area (Å²) in [4.78, 5) is 23.0. The number of hydrogen-bond acceptors (Lipinski definition) is 5. The molecule has 6 heteroatoms. The van der Waals surface area contributed by atoms with Crippen LogP contribution in [0.25, 0.3) is 0 Å². The Balaban J connectivity index is 1.85. The van der Waals surface area contributed by atoms with Gasteiger partial charge >= 0.3 is 0 Å². The molecule has 5 nitrogen and oxygen atoms in total. The van der Waals surface area contributed by atoms with E-state index in [1.165, 1.54) is 11.3 Å². The first-order chi connectivity index (χ1) is 9.31. The van der Waals surface area contributed by atoms with Crippen LogP contribution in [0.3, 0.4) is 0 Å². The first kappa shape index (κ1) is 12.3. The van der Waals surface area contributed by atoms with E-state index in [2.05, 4.69) is 26.4 Å². The number of hydrogen-bond donors (Lipinski definition) is 0. The Hall–Kier alpha value is -1.69. The van der Waals surface area contributed by atoms with Crippen molar-refractivity contribution in [1.29, 1.82) is 0 Å². The highest BCUT2D eigenvalue weighted by molar-refractivity contribution is 7.17. The molecule has 1 aliphatic heterocycles. The van der Waals surface area contributed by atoms with Gasteiger partial charge in [-0.3, -0.25) is 4.79 Å². The third kappa shape index (κ3) is 2.28. The lowest BCUT2D eigenvalue weighted by atomic mass is 10.2. The van der Waals surface area contributed by atoms with Crippen molar-refractivity contribution >= 4 is 22.8 Å². The fraction of sp³-hybridized carbons (Fsp3) is 0.462. The number of carbonyl (C=O) groups excluding carboxylic acids is 1. The lowest BCUT2D eigenvalue weighted by Gasteiger charge is -2.27. The van der Waals surface area contributed by atoms with E-state index in [4.69, 9.17) is 0 Å². The predicted molar refractivity (Wildman–Crippen MR) is 74.8 cm³/mol. The van der Waals surface area contributed by atoms with Crippen molar-refractivity contribution < 1.29 is 4.79 Å². The van der Waals surface area contributed by atoms with Crippen molar-refractivity contribution in [2.24, 2.45) is 0 Å². The molecule has 0 fully saturated rings. The number of rotatable bonds is 4. The normalized spacial score (nSPS) is 14.5. The van der Waals surface area contributed by atoms with Gasteiger partial charge in [0.05, 0.1) is 17.1 Å². The Bertz CT molecular complexity index is 589. The third-order valence-electron chi connectivity index (χ3n) is 3.33. The number of anilines is 1. The zero-order valence-corrected chi connectivity index (χ0v) is 11.7. The van der Waals surface area contributed by atoms with Gasteiger partial charge in [-0.25, -0.2) is 9.97 Å². The molecule has 2 aromatic rings. The number of aromatic nitrogens is 3. The van der Waals surface area contributed by atoms with Crippen LogP contribution in [0.15, 0.2) is 12.4 Å². The largest absolute Gasteiger partial charge is 0.339 e. The first-order valence-corrected chi connectivity index (χ1v) is 7.33. The minimum absolute atomic E-state index is 0.768. The standard InChI is InChI=1S/C13H16N4OS/c1-2-3-10-11(9-18)19-13(15-10)17-7-6-16-5-4-14-12(16)8-17/h4-5,9H,2-3,6-8H2,1H3. The SMILES string of the molecule is CCCc1nc(N2CCn3ccnc3C2)sc1C=O. The maximum atomic E-state index is 11.1. The quantitative estimate of drug-likeness (QED) is 0.803. The van der Waals surface area contributed by atoms with Gasteiger partial charge in [-0.1, -0.05) is 24.7 Å². The van der Waals surface area contributed by atoms with Gasteiger partial charge in [0.1, 0.15) is 5.82 Å². The molecule has 0 aliphatic carbocycles. The second kappa shape index (κ2) is 5.13. The predicted octanol–water partition coefficient (Wildman–Crippen LogP) is 2.12. The monoisotopic (exact) mass is 276 g/mol. The number of nitrogens with zero attached hydrogens (tertiary/aromatic N) is 4. The lowest BCUT2D eigenvalue weighted by molar-refractivity contribution is 0.112. The Labute approximate surface area is 115 Å². The van der Waals surface area contributed by atoms with Crippen LogP contribution in [0.2, 0.25) is 0 Å². The molecule has 2 aromatic heterocycles. The van der Waals surface area contributed by atoms with Crippen LogP contribution < -0.4 is 4.90 Å². The summed E-state index contributed by atoms with van der Waals surface area (Å²) >= 11 is 1.49. The molecule has 19 heavy (non-hydrogen) atoms. The fourth-order valence-corrected chi connectivity index (χ4v) is 3.28.